The van der Waals surface area contributed by atoms with Crippen LogP contribution < -0.4 is 9.64 Å². The summed E-state index contributed by atoms with van der Waals surface area (Å²) in [5, 5.41) is 0. The van der Waals surface area contributed by atoms with Crippen LogP contribution in [-0.4, -0.2) is 12.1 Å². The van der Waals surface area contributed by atoms with Gasteiger partial charge >= 0.3 is 0 Å². The number of aromatic nitrogens is 1. The maximum Gasteiger partial charge on any atom is 0.125 e. The molecule has 4 heteroatoms. The van der Waals surface area contributed by atoms with Crippen LogP contribution in [0.5, 0.6) is 5.75 Å². The molecule has 0 amide bonds. The van der Waals surface area contributed by atoms with Gasteiger partial charge in [0.2, 0.25) is 0 Å². The molecule has 3 rings (SSSR count). The number of hydrogen-bond donors (Lipinski definition) is 0. The van der Waals surface area contributed by atoms with E-state index in [2.05, 4.69) is 4.98 Å². The molecule has 1 aromatic heterocycles. The Labute approximate surface area is 135 Å². The lowest BCUT2D eigenvalue weighted by atomic mass is 10.1. The zero-order valence-electron chi connectivity index (χ0n) is 12.8. The molecule has 2 aromatic carbocycles. The third-order valence-electron chi connectivity index (χ3n) is 3.58. The molecule has 0 aliphatic rings. The van der Waals surface area contributed by atoms with Crippen LogP contribution in [-0.2, 0) is 6.54 Å². The van der Waals surface area contributed by atoms with E-state index in [1.165, 1.54) is 12.1 Å². The van der Waals surface area contributed by atoms with Gasteiger partial charge in [0, 0.05) is 18.4 Å². The molecule has 1 heterocycles. The van der Waals surface area contributed by atoms with E-state index in [1.807, 2.05) is 47.4 Å². The Kier molecular flexibility index (Phi) is 4.52. The SMILES string of the molecule is COc1ccc(CN(c2cccnc2)c2cccc(F)c2)cc1. The number of anilines is 2. The maximum atomic E-state index is 13.6. The van der Waals surface area contributed by atoms with Crippen LogP contribution in [0.2, 0.25) is 0 Å². The Morgan fingerprint density at radius 1 is 1.00 bits per heavy atom. The fraction of sp³-hybridized carbons (Fsp3) is 0.105. The van der Waals surface area contributed by atoms with Gasteiger partial charge in [0.15, 0.2) is 0 Å². The van der Waals surface area contributed by atoms with E-state index < -0.39 is 0 Å². The molecule has 0 bridgehead atoms. The van der Waals surface area contributed by atoms with Crippen LogP contribution in [0.4, 0.5) is 15.8 Å². The van der Waals surface area contributed by atoms with Gasteiger partial charge < -0.3 is 9.64 Å². The molecule has 0 N–H and O–H groups in total. The van der Waals surface area contributed by atoms with Crippen molar-refractivity contribution in [3.63, 3.8) is 0 Å². The van der Waals surface area contributed by atoms with Crippen LogP contribution >= 0.6 is 0 Å². The normalized spacial score (nSPS) is 10.3. The first-order chi connectivity index (χ1) is 11.3. The zero-order valence-corrected chi connectivity index (χ0v) is 12.8. The van der Waals surface area contributed by atoms with Gasteiger partial charge in [0.05, 0.1) is 19.0 Å². The third kappa shape index (κ3) is 3.66. The fourth-order valence-corrected chi connectivity index (χ4v) is 2.40. The average Bonchev–Trinajstić information content (AvgIpc) is 2.61. The van der Waals surface area contributed by atoms with E-state index in [0.29, 0.717) is 6.54 Å². The Morgan fingerprint density at radius 3 is 2.43 bits per heavy atom. The Bertz CT molecular complexity index is 760. The highest BCUT2D eigenvalue weighted by Gasteiger charge is 2.11. The Morgan fingerprint density at radius 2 is 1.78 bits per heavy atom. The van der Waals surface area contributed by atoms with Gasteiger partial charge in [-0.1, -0.05) is 18.2 Å². The molecule has 23 heavy (non-hydrogen) atoms. The minimum absolute atomic E-state index is 0.258. The van der Waals surface area contributed by atoms with Gasteiger partial charge in [-0.3, -0.25) is 4.98 Å². The summed E-state index contributed by atoms with van der Waals surface area (Å²) in [5.41, 5.74) is 2.79. The van der Waals surface area contributed by atoms with Gasteiger partial charge in [-0.15, -0.1) is 0 Å². The summed E-state index contributed by atoms with van der Waals surface area (Å²) >= 11 is 0. The summed E-state index contributed by atoms with van der Waals surface area (Å²) in [6, 6.07) is 18.2. The predicted molar refractivity (Wildman–Crippen MR) is 89.5 cm³/mol. The maximum absolute atomic E-state index is 13.6. The van der Waals surface area contributed by atoms with Crippen LogP contribution in [0.1, 0.15) is 5.56 Å². The van der Waals surface area contributed by atoms with Gasteiger partial charge in [-0.2, -0.15) is 0 Å². The summed E-state index contributed by atoms with van der Waals surface area (Å²) in [7, 11) is 1.64. The lowest BCUT2D eigenvalue weighted by molar-refractivity contribution is 0.414. The smallest absolute Gasteiger partial charge is 0.125 e. The number of hydrogen-bond acceptors (Lipinski definition) is 3. The first-order valence-corrected chi connectivity index (χ1v) is 7.32. The van der Waals surface area contributed by atoms with Crippen molar-refractivity contribution in [2.24, 2.45) is 0 Å². The van der Waals surface area contributed by atoms with Crippen LogP contribution in [0, 0.1) is 5.82 Å². The van der Waals surface area contributed by atoms with Gasteiger partial charge in [0.25, 0.3) is 0 Å². The van der Waals surface area contributed by atoms with E-state index in [9.17, 15) is 4.39 Å². The van der Waals surface area contributed by atoms with E-state index in [0.717, 1.165) is 22.7 Å². The summed E-state index contributed by atoms with van der Waals surface area (Å²) in [6.45, 7) is 0.610. The van der Waals surface area contributed by atoms with E-state index in [1.54, 1.807) is 25.6 Å². The molecule has 116 valence electrons. The van der Waals surface area contributed by atoms with Crippen molar-refractivity contribution in [1.29, 1.82) is 0 Å². The molecule has 0 unspecified atom stereocenters. The predicted octanol–water partition coefficient (Wildman–Crippen LogP) is 4.57. The number of rotatable bonds is 5. The third-order valence-corrected chi connectivity index (χ3v) is 3.58. The summed E-state index contributed by atoms with van der Waals surface area (Å²) in [6.07, 6.45) is 3.50. The second kappa shape index (κ2) is 6.92. The lowest BCUT2D eigenvalue weighted by Crippen LogP contribution is -2.16. The van der Waals surface area contributed by atoms with Crippen molar-refractivity contribution < 1.29 is 9.13 Å². The molecule has 0 aliphatic heterocycles. The van der Waals surface area contributed by atoms with E-state index >= 15 is 0 Å². The first kappa shape index (κ1) is 15.0. The average molecular weight is 308 g/mol. The molecule has 3 nitrogen and oxygen atoms in total. The summed E-state index contributed by atoms with van der Waals surface area (Å²) in [4.78, 5) is 6.19. The number of nitrogens with zero attached hydrogens (tertiary/aromatic N) is 2. The topological polar surface area (TPSA) is 25.4 Å². The second-order valence-electron chi connectivity index (χ2n) is 5.13. The standard InChI is InChI=1S/C19H17FN2O/c1-23-19-9-7-15(8-10-19)14-22(18-6-3-11-21-13-18)17-5-2-4-16(20)12-17/h2-13H,14H2,1H3. The molecule has 0 atom stereocenters. The van der Waals surface area contributed by atoms with Crippen LogP contribution in [0.15, 0.2) is 73.1 Å². The highest BCUT2D eigenvalue weighted by atomic mass is 19.1. The number of benzene rings is 2. The quantitative estimate of drug-likeness (QED) is 0.690. The second-order valence-corrected chi connectivity index (χ2v) is 5.13. The van der Waals surface area contributed by atoms with Gasteiger partial charge in [-0.05, 0) is 48.0 Å². The molecule has 0 saturated heterocycles. The Balaban J connectivity index is 1.94. The number of methoxy groups -OCH3 is 1. The van der Waals surface area contributed by atoms with E-state index in [-0.39, 0.29) is 5.82 Å². The van der Waals surface area contributed by atoms with E-state index in [4.69, 9.17) is 4.74 Å². The monoisotopic (exact) mass is 308 g/mol. The minimum Gasteiger partial charge on any atom is -0.497 e. The fourth-order valence-electron chi connectivity index (χ4n) is 2.40. The Hall–Kier alpha value is -2.88. The van der Waals surface area contributed by atoms with Crippen molar-refractivity contribution >= 4 is 11.4 Å². The van der Waals surface area contributed by atoms with Gasteiger partial charge in [0.1, 0.15) is 11.6 Å². The largest absolute Gasteiger partial charge is 0.497 e. The number of pyridine rings is 1. The molecular weight excluding hydrogens is 291 g/mol. The summed E-state index contributed by atoms with van der Waals surface area (Å²) < 4.78 is 18.8. The summed E-state index contributed by atoms with van der Waals surface area (Å²) in [5.74, 6) is 0.554. The minimum atomic E-state index is -0.258. The molecule has 0 radical (unpaired) electrons. The number of ether oxygens (including phenoxy) is 1. The van der Waals surface area contributed by atoms with Crippen molar-refractivity contribution in [3.8, 4) is 5.75 Å². The van der Waals surface area contributed by atoms with Gasteiger partial charge in [-0.25, -0.2) is 4.39 Å². The van der Waals surface area contributed by atoms with Crippen LogP contribution in [0.25, 0.3) is 0 Å². The first-order valence-electron chi connectivity index (χ1n) is 7.32. The molecular formula is C19H17FN2O. The molecule has 0 aliphatic carbocycles. The zero-order chi connectivity index (χ0) is 16.1. The van der Waals surface area contributed by atoms with Crippen molar-refractivity contribution in [3.05, 3.63) is 84.4 Å². The number of halogens is 1. The molecule has 3 aromatic rings. The molecule has 0 saturated carbocycles. The molecule has 0 spiro atoms. The van der Waals surface area contributed by atoms with Crippen LogP contribution in [0.3, 0.4) is 0 Å². The highest BCUT2D eigenvalue weighted by molar-refractivity contribution is 5.62. The highest BCUT2D eigenvalue weighted by Crippen LogP contribution is 2.27. The van der Waals surface area contributed by atoms with Crippen molar-refractivity contribution in [1.82, 2.24) is 4.98 Å². The van der Waals surface area contributed by atoms with Crippen molar-refractivity contribution in [2.45, 2.75) is 6.54 Å². The molecule has 0 fully saturated rings. The van der Waals surface area contributed by atoms with Crippen molar-refractivity contribution in [2.75, 3.05) is 12.0 Å². The lowest BCUT2D eigenvalue weighted by Gasteiger charge is -2.25.